The number of aromatic nitrogens is 3. The molecule has 0 spiro atoms. The van der Waals surface area contributed by atoms with Gasteiger partial charge in [-0.3, -0.25) is 4.68 Å². The highest BCUT2D eigenvalue weighted by atomic mass is 32.1. The zero-order valence-electron chi connectivity index (χ0n) is 12.5. The highest BCUT2D eigenvalue weighted by Gasteiger charge is 2.17. The molecule has 20 heavy (non-hydrogen) atoms. The summed E-state index contributed by atoms with van der Waals surface area (Å²) >= 11 is 1.76. The molecule has 2 aromatic heterocycles. The predicted molar refractivity (Wildman–Crippen MR) is 82.2 cm³/mol. The fourth-order valence-corrected chi connectivity index (χ4v) is 2.60. The van der Waals surface area contributed by atoms with E-state index in [1.54, 1.807) is 18.4 Å². The standard InChI is InChI=1S/C14H22N4OS/c1-14(2,3)13-16-9-12(20-13)8-15-11-7-17-18(10-11)5-6-19-4/h7,9-10,15H,5-6,8H2,1-4H3. The molecule has 0 saturated heterocycles. The lowest BCUT2D eigenvalue weighted by molar-refractivity contribution is 0.183. The average Bonchev–Trinajstić information content (AvgIpc) is 3.02. The summed E-state index contributed by atoms with van der Waals surface area (Å²) in [4.78, 5) is 5.72. The van der Waals surface area contributed by atoms with E-state index in [1.165, 1.54) is 9.88 Å². The molecule has 2 aromatic rings. The van der Waals surface area contributed by atoms with Gasteiger partial charge in [0, 0.05) is 29.8 Å². The van der Waals surface area contributed by atoms with Crippen molar-refractivity contribution in [1.82, 2.24) is 14.8 Å². The second kappa shape index (κ2) is 6.37. The molecule has 5 nitrogen and oxygen atoms in total. The minimum atomic E-state index is 0.119. The number of methoxy groups -OCH3 is 1. The first-order valence-electron chi connectivity index (χ1n) is 6.69. The van der Waals surface area contributed by atoms with Crippen LogP contribution in [0.25, 0.3) is 0 Å². The molecule has 6 heteroatoms. The van der Waals surface area contributed by atoms with Gasteiger partial charge in [-0.15, -0.1) is 11.3 Å². The third-order valence-electron chi connectivity index (χ3n) is 2.82. The van der Waals surface area contributed by atoms with E-state index >= 15 is 0 Å². The normalized spacial score (nSPS) is 11.8. The van der Waals surface area contributed by atoms with Crippen molar-refractivity contribution in [3.8, 4) is 0 Å². The number of hydrogen-bond donors (Lipinski definition) is 1. The van der Waals surface area contributed by atoms with Gasteiger partial charge < -0.3 is 10.1 Å². The Bertz CT molecular complexity index is 541. The fraction of sp³-hybridized carbons (Fsp3) is 0.571. The Morgan fingerprint density at radius 3 is 2.80 bits per heavy atom. The predicted octanol–water partition coefficient (Wildman–Crippen LogP) is 2.90. The van der Waals surface area contributed by atoms with Crippen molar-refractivity contribution in [2.45, 2.75) is 39.3 Å². The summed E-state index contributed by atoms with van der Waals surface area (Å²) in [6, 6.07) is 0. The van der Waals surface area contributed by atoms with Gasteiger partial charge in [0.1, 0.15) is 0 Å². The summed E-state index contributed by atoms with van der Waals surface area (Å²) in [6.07, 6.45) is 5.78. The molecule has 0 aliphatic carbocycles. The molecule has 0 unspecified atom stereocenters. The fourth-order valence-electron chi connectivity index (χ4n) is 1.69. The SMILES string of the molecule is COCCn1cc(NCc2cnc(C(C)(C)C)s2)cn1. The van der Waals surface area contributed by atoms with Crippen LogP contribution in [0.15, 0.2) is 18.6 Å². The molecule has 0 atom stereocenters. The maximum Gasteiger partial charge on any atom is 0.0981 e. The van der Waals surface area contributed by atoms with E-state index < -0.39 is 0 Å². The van der Waals surface area contributed by atoms with Crippen LogP contribution in [0, 0.1) is 0 Å². The van der Waals surface area contributed by atoms with E-state index in [9.17, 15) is 0 Å². The number of ether oxygens (including phenoxy) is 1. The van der Waals surface area contributed by atoms with Crippen molar-refractivity contribution in [3.63, 3.8) is 0 Å². The van der Waals surface area contributed by atoms with Crippen molar-refractivity contribution >= 4 is 17.0 Å². The molecule has 0 radical (unpaired) electrons. The Morgan fingerprint density at radius 2 is 2.15 bits per heavy atom. The van der Waals surface area contributed by atoms with Crippen molar-refractivity contribution in [2.75, 3.05) is 19.0 Å². The number of anilines is 1. The number of rotatable bonds is 6. The van der Waals surface area contributed by atoms with Crippen molar-refractivity contribution in [1.29, 1.82) is 0 Å². The first-order chi connectivity index (χ1) is 9.49. The van der Waals surface area contributed by atoms with Gasteiger partial charge in [0.2, 0.25) is 0 Å². The number of thiazole rings is 1. The molecule has 1 N–H and O–H groups in total. The van der Waals surface area contributed by atoms with Gasteiger partial charge in [-0.05, 0) is 0 Å². The van der Waals surface area contributed by atoms with Crippen LogP contribution in [0.2, 0.25) is 0 Å². The number of nitrogens with zero attached hydrogens (tertiary/aromatic N) is 3. The molecule has 0 fully saturated rings. The van der Waals surface area contributed by atoms with Gasteiger partial charge in [0.25, 0.3) is 0 Å². The molecule has 110 valence electrons. The highest BCUT2D eigenvalue weighted by Crippen LogP contribution is 2.27. The lowest BCUT2D eigenvalue weighted by Crippen LogP contribution is -2.09. The van der Waals surface area contributed by atoms with E-state index in [1.807, 2.05) is 23.3 Å². The monoisotopic (exact) mass is 294 g/mol. The molecule has 0 aliphatic heterocycles. The van der Waals surface area contributed by atoms with E-state index in [-0.39, 0.29) is 5.41 Å². The lowest BCUT2D eigenvalue weighted by atomic mass is 9.98. The number of hydrogen-bond acceptors (Lipinski definition) is 5. The van der Waals surface area contributed by atoms with E-state index in [4.69, 9.17) is 4.74 Å². The van der Waals surface area contributed by atoms with Gasteiger partial charge in [0.05, 0.1) is 36.6 Å². The Morgan fingerprint density at radius 1 is 1.35 bits per heavy atom. The van der Waals surface area contributed by atoms with Crippen LogP contribution in [0.4, 0.5) is 5.69 Å². The maximum atomic E-state index is 5.03. The van der Waals surface area contributed by atoms with Crippen molar-refractivity contribution in [2.24, 2.45) is 0 Å². The molecule has 2 heterocycles. The Balaban J connectivity index is 1.88. The smallest absolute Gasteiger partial charge is 0.0981 e. The van der Waals surface area contributed by atoms with E-state index in [0.717, 1.165) is 18.8 Å². The van der Waals surface area contributed by atoms with Crippen LogP contribution >= 0.6 is 11.3 Å². The molecule has 0 bridgehead atoms. The molecule has 2 rings (SSSR count). The second-order valence-corrected chi connectivity index (χ2v) is 6.84. The summed E-state index contributed by atoms with van der Waals surface area (Å²) in [7, 11) is 1.69. The molecule has 0 aliphatic rings. The summed E-state index contributed by atoms with van der Waals surface area (Å²) < 4.78 is 6.91. The quantitative estimate of drug-likeness (QED) is 0.890. The minimum absolute atomic E-state index is 0.119. The third-order valence-corrected chi connectivity index (χ3v) is 4.24. The summed E-state index contributed by atoms with van der Waals surface area (Å²) in [5, 5.41) is 8.81. The topological polar surface area (TPSA) is 52.0 Å². The van der Waals surface area contributed by atoms with Crippen molar-refractivity contribution in [3.05, 3.63) is 28.5 Å². The third kappa shape index (κ3) is 4.05. The summed E-state index contributed by atoms with van der Waals surface area (Å²) in [6.45, 7) is 8.77. The molecular weight excluding hydrogens is 272 g/mol. The Hall–Kier alpha value is -1.40. The zero-order chi connectivity index (χ0) is 14.6. The van der Waals surface area contributed by atoms with E-state index in [2.05, 4.69) is 36.2 Å². The maximum absolute atomic E-state index is 5.03. The summed E-state index contributed by atoms with van der Waals surface area (Å²) in [5.74, 6) is 0. The van der Waals surface area contributed by atoms with Gasteiger partial charge >= 0.3 is 0 Å². The Kier molecular flexibility index (Phi) is 4.77. The highest BCUT2D eigenvalue weighted by molar-refractivity contribution is 7.11. The first kappa shape index (κ1) is 15.0. The molecule has 0 aromatic carbocycles. The van der Waals surface area contributed by atoms with Crippen LogP contribution in [-0.4, -0.2) is 28.5 Å². The molecule has 0 amide bonds. The van der Waals surface area contributed by atoms with E-state index in [0.29, 0.717) is 6.61 Å². The first-order valence-corrected chi connectivity index (χ1v) is 7.51. The van der Waals surface area contributed by atoms with Crippen molar-refractivity contribution < 1.29 is 4.74 Å². The lowest BCUT2D eigenvalue weighted by Gasteiger charge is -2.13. The second-order valence-electron chi connectivity index (χ2n) is 5.72. The van der Waals surface area contributed by atoms with Gasteiger partial charge in [-0.2, -0.15) is 5.10 Å². The number of nitrogens with one attached hydrogen (secondary N) is 1. The van der Waals surface area contributed by atoms with Gasteiger partial charge in [0.15, 0.2) is 0 Å². The van der Waals surface area contributed by atoms with Crippen LogP contribution in [-0.2, 0) is 23.2 Å². The largest absolute Gasteiger partial charge is 0.383 e. The Labute approximate surface area is 124 Å². The minimum Gasteiger partial charge on any atom is -0.383 e. The zero-order valence-corrected chi connectivity index (χ0v) is 13.3. The van der Waals surface area contributed by atoms with Gasteiger partial charge in [-0.1, -0.05) is 20.8 Å². The van der Waals surface area contributed by atoms with Crippen LogP contribution in [0.5, 0.6) is 0 Å². The van der Waals surface area contributed by atoms with Crippen LogP contribution in [0.3, 0.4) is 0 Å². The molecule has 0 saturated carbocycles. The van der Waals surface area contributed by atoms with Crippen LogP contribution < -0.4 is 5.32 Å². The average molecular weight is 294 g/mol. The van der Waals surface area contributed by atoms with Gasteiger partial charge in [-0.25, -0.2) is 4.98 Å². The summed E-state index contributed by atoms with van der Waals surface area (Å²) in [5.41, 5.74) is 1.14. The molecular formula is C14H22N4OS. The van der Waals surface area contributed by atoms with Crippen LogP contribution in [0.1, 0.15) is 30.7 Å².